The highest BCUT2D eigenvalue weighted by molar-refractivity contribution is 5.74. The topological polar surface area (TPSA) is 67.5 Å². The highest BCUT2D eigenvalue weighted by Crippen LogP contribution is 2.45. The zero-order valence-corrected chi connectivity index (χ0v) is 23.9. The molecule has 1 atom stereocenters. The van der Waals surface area contributed by atoms with Crippen LogP contribution in [-0.4, -0.2) is 53.6 Å². The quantitative estimate of drug-likeness (QED) is 0.361. The fourth-order valence-electron chi connectivity index (χ4n) is 7.15. The molecule has 3 aromatic rings. The number of benzene rings is 2. The summed E-state index contributed by atoms with van der Waals surface area (Å²) in [5.74, 6) is 2.85. The molecule has 2 N–H and O–H groups in total. The Kier molecular flexibility index (Phi) is 7.78. The maximum absolute atomic E-state index is 14.5. The summed E-state index contributed by atoms with van der Waals surface area (Å²) in [4.78, 5) is 14.0. The largest absolute Gasteiger partial charge is 0.451 e. The van der Waals surface area contributed by atoms with E-state index in [2.05, 4.69) is 39.7 Å². The lowest BCUT2D eigenvalue weighted by molar-refractivity contribution is 0.205. The number of anilines is 1. The van der Waals surface area contributed by atoms with Crippen molar-refractivity contribution in [2.75, 3.05) is 37.6 Å². The standard InChI is InChI=1S/C33H42FN5O/c1-23(2)27-5-3-4-6-28(27)29-17-25(34)9-12-30(29)40-31-18-36-22-37-32(31)39-16-14-33(21-39)13-15-38(20-33)19-24-7-10-26(35)11-8-24/h3-6,9,12,17-18,22-24,26H,7-8,10-11,13-16,19-21,35H2,1-2H3/t24-,26-,33?. The number of likely N-dealkylation sites (tertiary alicyclic amines) is 1. The van der Waals surface area contributed by atoms with Gasteiger partial charge >= 0.3 is 0 Å². The van der Waals surface area contributed by atoms with Gasteiger partial charge in [0.1, 0.15) is 17.9 Å². The van der Waals surface area contributed by atoms with Gasteiger partial charge in [0.25, 0.3) is 0 Å². The Morgan fingerprint density at radius 2 is 1.80 bits per heavy atom. The minimum atomic E-state index is -0.284. The number of nitrogens with two attached hydrogens (primary N) is 1. The van der Waals surface area contributed by atoms with Gasteiger partial charge in [-0.05, 0) is 86.2 Å². The van der Waals surface area contributed by atoms with E-state index in [1.165, 1.54) is 51.3 Å². The predicted octanol–water partition coefficient (Wildman–Crippen LogP) is 6.62. The van der Waals surface area contributed by atoms with Gasteiger partial charge in [0.2, 0.25) is 0 Å². The van der Waals surface area contributed by atoms with E-state index in [0.29, 0.717) is 28.9 Å². The van der Waals surface area contributed by atoms with Crippen LogP contribution in [0.1, 0.15) is 63.9 Å². The smallest absolute Gasteiger partial charge is 0.188 e. The summed E-state index contributed by atoms with van der Waals surface area (Å²) in [6, 6.07) is 13.3. The van der Waals surface area contributed by atoms with Crippen LogP contribution in [0, 0.1) is 17.2 Å². The minimum Gasteiger partial charge on any atom is -0.451 e. The first-order valence-electron chi connectivity index (χ1n) is 15.0. The van der Waals surface area contributed by atoms with Crippen LogP contribution in [0.25, 0.3) is 11.1 Å². The fraction of sp³-hybridized carbons (Fsp3) is 0.515. The van der Waals surface area contributed by atoms with E-state index in [1.807, 2.05) is 18.2 Å². The number of hydrogen-bond acceptors (Lipinski definition) is 6. The Morgan fingerprint density at radius 3 is 2.62 bits per heavy atom. The van der Waals surface area contributed by atoms with E-state index in [-0.39, 0.29) is 5.82 Å². The molecule has 1 spiro atoms. The van der Waals surface area contributed by atoms with Crippen molar-refractivity contribution in [3.63, 3.8) is 0 Å². The van der Waals surface area contributed by atoms with Gasteiger partial charge in [-0.2, -0.15) is 0 Å². The van der Waals surface area contributed by atoms with Crippen LogP contribution in [0.5, 0.6) is 11.5 Å². The molecule has 1 unspecified atom stereocenters. The van der Waals surface area contributed by atoms with Crippen molar-refractivity contribution >= 4 is 5.82 Å². The SMILES string of the molecule is CC(C)c1ccccc1-c1cc(F)ccc1Oc1cncnc1N1CCC2(CCN(C[C@H]3CC[C@H](N)CC3)C2)C1. The average molecular weight is 544 g/mol. The molecule has 6 rings (SSSR count). The molecule has 0 bridgehead atoms. The van der Waals surface area contributed by atoms with E-state index in [9.17, 15) is 4.39 Å². The lowest BCUT2D eigenvalue weighted by Gasteiger charge is -2.31. The summed E-state index contributed by atoms with van der Waals surface area (Å²) < 4.78 is 21.0. The lowest BCUT2D eigenvalue weighted by atomic mass is 9.85. The zero-order valence-electron chi connectivity index (χ0n) is 23.9. The summed E-state index contributed by atoms with van der Waals surface area (Å²) in [5, 5.41) is 0. The first kappa shape index (κ1) is 27.2. The number of halogens is 1. The van der Waals surface area contributed by atoms with E-state index in [0.717, 1.165) is 54.5 Å². The van der Waals surface area contributed by atoms with Crippen molar-refractivity contribution < 1.29 is 9.13 Å². The Hall–Kier alpha value is -3.03. The average Bonchev–Trinajstić information content (AvgIpc) is 3.56. The van der Waals surface area contributed by atoms with Gasteiger partial charge in [-0.1, -0.05) is 38.1 Å². The lowest BCUT2D eigenvalue weighted by Crippen LogP contribution is -2.35. The molecule has 3 heterocycles. The van der Waals surface area contributed by atoms with Crippen LogP contribution in [0.4, 0.5) is 10.2 Å². The molecule has 7 heteroatoms. The second-order valence-electron chi connectivity index (χ2n) is 12.6. The number of nitrogens with zero attached hydrogens (tertiary/aromatic N) is 4. The van der Waals surface area contributed by atoms with Crippen molar-refractivity contribution in [2.24, 2.45) is 17.1 Å². The Morgan fingerprint density at radius 1 is 1.00 bits per heavy atom. The van der Waals surface area contributed by atoms with E-state index >= 15 is 0 Å². The van der Waals surface area contributed by atoms with E-state index in [4.69, 9.17) is 10.5 Å². The zero-order chi connectivity index (χ0) is 27.7. The first-order chi connectivity index (χ1) is 19.4. The van der Waals surface area contributed by atoms with Crippen molar-refractivity contribution in [1.82, 2.24) is 14.9 Å². The van der Waals surface area contributed by atoms with Gasteiger partial charge < -0.3 is 20.3 Å². The van der Waals surface area contributed by atoms with Crippen molar-refractivity contribution in [2.45, 2.75) is 64.3 Å². The van der Waals surface area contributed by atoms with Crippen LogP contribution >= 0.6 is 0 Å². The second kappa shape index (κ2) is 11.5. The third-order valence-electron chi connectivity index (χ3n) is 9.36. The summed E-state index contributed by atoms with van der Waals surface area (Å²) in [7, 11) is 0. The number of rotatable bonds is 7. The maximum atomic E-state index is 14.5. The molecule has 1 saturated carbocycles. The normalized spacial score (nSPS) is 25.3. The fourth-order valence-corrected chi connectivity index (χ4v) is 7.15. The van der Waals surface area contributed by atoms with E-state index in [1.54, 1.807) is 24.7 Å². The van der Waals surface area contributed by atoms with Crippen LogP contribution in [0.3, 0.4) is 0 Å². The van der Waals surface area contributed by atoms with E-state index < -0.39 is 0 Å². The molecule has 2 aliphatic heterocycles. The van der Waals surface area contributed by atoms with Crippen LogP contribution < -0.4 is 15.4 Å². The molecule has 2 saturated heterocycles. The second-order valence-corrected chi connectivity index (χ2v) is 12.6. The summed E-state index contributed by atoms with van der Waals surface area (Å²) >= 11 is 0. The molecular formula is C33H42FN5O. The van der Waals surface area contributed by atoms with Gasteiger partial charge in [0.05, 0.1) is 6.20 Å². The Balaban J connectivity index is 1.19. The van der Waals surface area contributed by atoms with Gasteiger partial charge in [-0.15, -0.1) is 0 Å². The predicted molar refractivity (Wildman–Crippen MR) is 158 cm³/mol. The van der Waals surface area contributed by atoms with Crippen molar-refractivity contribution in [3.05, 3.63) is 66.4 Å². The molecule has 6 nitrogen and oxygen atoms in total. The highest BCUT2D eigenvalue weighted by Gasteiger charge is 2.44. The van der Waals surface area contributed by atoms with Crippen LogP contribution in [-0.2, 0) is 0 Å². The highest BCUT2D eigenvalue weighted by atomic mass is 19.1. The minimum absolute atomic E-state index is 0.284. The third-order valence-corrected chi connectivity index (χ3v) is 9.36. The summed E-state index contributed by atoms with van der Waals surface area (Å²) in [5.41, 5.74) is 9.32. The number of aromatic nitrogens is 2. The Bertz CT molecular complexity index is 1320. The molecule has 3 aliphatic rings. The molecule has 3 fully saturated rings. The van der Waals surface area contributed by atoms with Gasteiger partial charge in [0, 0.05) is 43.2 Å². The molecule has 1 aliphatic carbocycles. The number of ether oxygens (including phenoxy) is 1. The molecule has 1 aromatic heterocycles. The molecular weight excluding hydrogens is 501 g/mol. The first-order valence-corrected chi connectivity index (χ1v) is 15.0. The number of hydrogen-bond donors (Lipinski definition) is 1. The van der Waals surface area contributed by atoms with Crippen molar-refractivity contribution in [3.8, 4) is 22.6 Å². The monoisotopic (exact) mass is 543 g/mol. The van der Waals surface area contributed by atoms with Gasteiger partial charge in [-0.25, -0.2) is 14.4 Å². The van der Waals surface area contributed by atoms with Crippen LogP contribution in [0.2, 0.25) is 0 Å². The third kappa shape index (κ3) is 5.72. The summed E-state index contributed by atoms with van der Waals surface area (Å²) in [6.07, 6.45) is 10.6. The van der Waals surface area contributed by atoms with Gasteiger partial charge in [-0.3, -0.25) is 0 Å². The van der Waals surface area contributed by atoms with Crippen molar-refractivity contribution in [1.29, 1.82) is 0 Å². The molecule has 40 heavy (non-hydrogen) atoms. The van der Waals surface area contributed by atoms with Gasteiger partial charge in [0.15, 0.2) is 11.6 Å². The Labute approximate surface area is 237 Å². The maximum Gasteiger partial charge on any atom is 0.188 e. The molecule has 0 radical (unpaired) electrons. The van der Waals surface area contributed by atoms with Crippen LogP contribution in [0.15, 0.2) is 55.0 Å². The summed E-state index contributed by atoms with van der Waals surface area (Å²) in [6.45, 7) is 9.77. The molecule has 2 aromatic carbocycles. The molecule has 0 amide bonds. The molecule has 212 valence electrons.